The molecule has 0 atom stereocenters. The summed E-state index contributed by atoms with van der Waals surface area (Å²) in [6.07, 6.45) is 0. The molecule has 0 unspecified atom stereocenters. The highest BCUT2D eigenvalue weighted by Crippen LogP contribution is 2.44. The molecule has 2 nitrogen and oxygen atoms in total. The van der Waals surface area contributed by atoms with Crippen LogP contribution < -0.4 is 11.5 Å². The van der Waals surface area contributed by atoms with Crippen molar-refractivity contribution in [3.8, 4) is 0 Å². The summed E-state index contributed by atoms with van der Waals surface area (Å²) in [6, 6.07) is 11.1. The summed E-state index contributed by atoms with van der Waals surface area (Å²) in [7, 11) is 3.01. The van der Waals surface area contributed by atoms with Crippen LogP contribution >= 0.6 is 44.8 Å². The van der Waals surface area contributed by atoms with Gasteiger partial charge in [-0.1, -0.05) is 56.9 Å². The SMILES string of the molecule is Nc1c(Cl)cccc1SSc1cccc(Cl)c1N. The van der Waals surface area contributed by atoms with Crippen molar-refractivity contribution < 1.29 is 0 Å². The summed E-state index contributed by atoms with van der Waals surface area (Å²) in [5.74, 6) is 0. The lowest BCUT2D eigenvalue weighted by molar-refractivity contribution is 1.46. The van der Waals surface area contributed by atoms with Gasteiger partial charge in [-0.25, -0.2) is 0 Å². The van der Waals surface area contributed by atoms with Gasteiger partial charge in [-0.05, 0) is 24.3 Å². The summed E-state index contributed by atoms with van der Waals surface area (Å²) in [6.45, 7) is 0. The number of nitrogens with two attached hydrogens (primary N) is 2. The standard InChI is InChI=1S/C12H10Cl2N2S2/c13-7-3-1-5-9(11(7)15)17-18-10-6-2-4-8(14)12(10)16/h1-6H,15-16H2. The Bertz CT molecular complexity index is 524. The van der Waals surface area contributed by atoms with E-state index in [1.165, 1.54) is 21.6 Å². The Morgan fingerprint density at radius 3 is 1.50 bits per heavy atom. The second kappa shape index (κ2) is 5.97. The molecule has 0 radical (unpaired) electrons. The van der Waals surface area contributed by atoms with Gasteiger partial charge < -0.3 is 11.5 Å². The van der Waals surface area contributed by atoms with E-state index in [2.05, 4.69) is 0 Å². The van der Waals surface area contributed by atoms with Crippen LogP contribution in [0.3, 0.4) is 0 Å². The van der Waals surface area contributed by atoms with Crippen LogP contribution in [0, 0.1) is 0 Å². The van der Waals surface area contributed by atoms with E-state index in [1.54, 1.807) is 12.1 Å². The number of anilines is 2. The van der Waals surface area contributed by atoms with Crippen LogP contribution in [0.4, 0.5) is 11.4 Å². The van der Waals surface area contributed by atoms with Crippen molar-refractivity contribution in [2.75, 3.05) is 11.5 Å². The molecule has 0 spiro atoms. The van der Waals surface area contributed by atoms with Crippen LogP contribution in [-0.4, -0.2) is 0 Å². The van der Waals surface area contributed by atoms with E-state index in [1.807, 2.05) is 24.3 Å². The average molecular weight is 317 g/mol. The van der Waals surface area contributed by atoms with Crippen molar-refractivity contribution in [3.63, 3.8) is 0 Å². The molecular weight excluding hydrogens is 307 g/mol. The summed E-state index contributed by atoms with van der Waals surface area (Å²) < 4.78 is 0. The summed E-state index contributed by atoms with van der Waals surface area (Å²) in [5, 5.41) is 1.11. The minimum atomic E-state index is 0.555. The predicted octanol–water partition coefficient (Wildman–Crippen LogP) is 4.96. The second-order valence-corrected chi connectivity index (χ2v) is 6.50. The molecular formula is C12H10Cl2N2S2. The molecule has 6 heteroatoms. The highest BCUT2D eigenvalue weighted by atomic mass is 35.5. The van der Waals surface area contributed by atoms with Gasteiger partial charge in [0.1, 0.15) is 0 Å². The monoisotopic (exact) mass is 316 g/mol. The topological polar surface area (TPSA) is 52.0 Å². The number of hydrogen-bond donors (Lipinski definition) is 2. The third-order valence-corrected chi connectivity index (χ3v) is 5.39. The van der Waals surface area contributed by atoms with Crippen molar-refractivity contribution in [2.24, 2.45) is 0 Å². The van der Waals surface area contributed by atoms with Gasteiger partial charge in [-0.15, -0.1) is 0 Å². The number of para-hydroxylation sites is 2. The van der Waals surface area contributed by atoms with E-state index in [0.29, 0.717) is 21.4 Å². The first-order chi connectivity index (χ1) is 8.59. The second-order valence-electron chi connectivity index (χ2n) is 3.47. The Labute approximate surface area is 123 Å². The first-order valence-electron chi connectivity index (χ1n) is 5.02. The summed E-state index contributed by atoms with van der Waals surface area (Å²) in [5.41, 5.74) is 12.9. The molecule has 0 amide bonds. The van der Waals surface area contributed by atoms with E-state index in [9.17, 15) is 0 Å². The van der Waals surface area contributed by atoms with Crippen molar-refractivity contribution in [3.05, 3.63) is 46.4 Å². The zero-order chi connectivity index (χ0) is 13.1. The number of rotatable bonds is 3. The number of halogens is 2. The van der Waals surface area contributed by atoms with Crippen LogP contribution in [0.25, 0.3) is 0 Å². The van der Waals surface area contributed by atoms with E-state index < -0.39 is 0 Å². The molecule has 0 fully saturated rings. The van der Waals surface area contributed by atoms with Crippen molar-refractivity contribution in [1.29, 1.82) is 0 Å². The van der Waals surface area contributed by atoms with Crippen LogP contribution in [0.5, 0.6) is 0 Å². The van der Waals surface area contributed by atoms with Crippen molar-refractivity contribution in [1.82, 2.24) is 0 Å². The zero-order valence-corrected chi connectivity index (χ0v) is 12.3. The van der Waals surface area contributed by atoms with Crippen LogP contribution in [-0.2, 0) is 0 Å². The van der Waals surface area contributed by atoms with E-state index in [0.717, 1.165) is 9.79 Å². The number of hydrogen-bond acceptors (Lipinski definition) is 4. The maximum atomic E-state index is 5.96. The van der Waals surface area contributed by atoms with Crippen LogP contribution in [0.2, 0.25) is 10.0 Å². The molecule has 2 rings (SSSR count). The van der Waals surface area contributed by atoms with E-state index in [-0.39, 0.29) is 0 Å². The molecule has 0 bridgehead atoms. The van der Waals surface area contributed by atoms with Gasteiger partial charge in [0.05, 0.1) is 21.4 Å². The van der Waals surface area contributed by atoms with E-state index >= 15 is 0 Å². The maximum absolute atomic E-state index is 5.96. The fraction of sp³-hybridized carbons (Fsp3) is 0. The smallest absolute Gasteiger partial charge is 0.0650 e. The van der Waals surface area contributed by atoms with Crippen molar-refractivity contribution >= 4 is 56.2 Å². The van der Waals surface area contributed by atoms with Gasteiger partial charge in [0, 0.05) is 9.79 Å². The highest BCUT2D eigenvalue weighted by molar-refractivity contribution is 8.76. The van der Waals surface area contributed by atoms with Gasteiger partial charge in [0.15, 0.2) is 0 Å². The molecule has 0 saturated heterocycles. The average Bonchev–Trinajstić information content (AvgIpc) is 2.36. The lowest BCUT2D eigenvalue weighted by atomic mass is 10.3. The Morgan fingerprint density at radius 2 is 1.11 bits per heavy atom. The molecule has 18 heavy (non-hydrogen) atoms. The molecule has 2 aromatic carbocycles. The number of benzene rings is 2. The number of nitrogen functional groups attached to an aromatic ring is 2. The quantitative estimate of drug-likeness (QED) is 0.621. The summed E-state index contributed by atoms with van der Waals surface area (Å²) in [4.78, 5) is 1.82. The van der Waals surface area contributed by atoms with Gasteiger partial charge in [-0.3, -0.25) is 0 Å². The molecule has 0 aromatic heterocycles. The van der Waals surface area contributed by atoms with Gasteiger partial charge in [-0.2, -0.15) is 0 Å². The minimum absolute atomic E-state index is 0.555. The van der Waals surface area contributed by atoms with Gasteiger partial charge in [0.2, 0.25) is 0 Å². The fourth-order valence-electron chi connectivity index (χ4n) is 1.27. The third kappa shape index (κ3) is 3.01. The third-order valence-electron chi connectivity index (χ3n) is 2.25. The molecule has 4 N–H and O–H groups in total. The Kier molecular flexibility index (Phi) is 4.56. The van der Waals surface area contributed by atoms with Gasteiger partial charge >= 0.3 is 0 Å². The highest BCUT2D eigenvalue weighted by Gasteiger charge is 2.08. The fourth-order valence-corrected chi connectivity index (χ4v) is 3.99. The molecule has 0 aliphatic rings. The maximum Gasteiger partial charge on any atom is 0.0650 e. The Balaban J connectivity index is 2.17. The van der Waals surface area contributed by atoms with Gasteiger partial charge in [0.25, 0.3) is 0 Å². The van der Waals surface area contributed by atoms with Crippen LogP contribution in [0.1, 0.15) is 0 Å². The Hall–Kier alpha value is -0.680. The molecule has 0 aliphatic heterocycles. The lowest BCUT2D eigenvalue weighted by Gasteiger charge is -2.08. The van der Waals surface area contributed by atoms with E-state index in [4.69, 9.17) is 34.7 Å². The Morgan fingerprint density at radius 1 is 0.722 bits per heavy atom. The molecule has 0 aliphatic carbocycles. The molecule has 2 aromatic rings. The van der Waals surface area contributed by atoms with Crippen molar-refractivity contribution in [2.45, 2.75) is 9.79 Å². The summed E-state index contributed by atoms with van der Waals surface area (Å²) >= 11 is 11.9. The molecule has 0 saturated carbocycles. The largest absolute Gasteiger partial charge is 0.397 e. The first kappa shape index (κ1) is 13.7. The molecule has 94 valence electrons. The normalized spacial score (nSPS) is 10.6. The minimum Gasteiger partial charge on any atom is -0.397 e. The first-order valence-corrected chi connectivity index (χ1v) is 7.92. The van der Waals surface area contributed by atoms with Crippen LogP contribution in [0.15, 0.2) is 46.2 Å². The predicted molar refractivity (Wildman–Crippen MR) is 83.4 cm³/mol. The zero-order valence-electron chi connectivity index (χ0n) is 9.19. The lowest BCUT2D eigenvalue weighted by Crippen LogP contribution is -1.90. The molecule has 0 heterocycles.